The van der Waals surface area contributed by atoms with E-state index in [1.165, 1.54) is 12.8 Å². The lowest BCUT2D eigenvalue weighted by molar-refractivity contribution is 0.640. The summed E-state index contributed by atoms with van der Waals surface area (Å²) in [7, 11) is 0. The highest BCUT2D eigenvalue weighted by atomic mass is 32.1. The van der Waals surface area contributed by atoms with E-state index in [0.717, 1.165) is 12.1 Å². The Kier molecular flexibility index (Phi) is 5.28. The minimum absolute atomic E-state index is 0.305. The van der Waals surface area contributed by atoms with Crippen molar-refractivity contribution in [1.82, 2.24) is 9.97 Å². The van der Waals surface area contributed by atoms with E-state index in [9.17, 15) is 0 Å². The zero-order chi connectivity index (χ0) is 12.8. The third kappa shape index (κ3) is 4.65. The molecule has 0 radical (unpaired) electrons. The zero-order valence-corrected chi connectivity index (χ0v) is 11.5. The van der Waals surface area contributed by atoms with Gasteiger partial charge in [0.1, 0.15) is 10.7 Å². The first-order chi connectivity index (χ1) is 8.02. The van der Waals surface area contributed by atoms with Gasteiger partial charge in [0.05, 0.1) is 0 Å². The van der Waals surface area contributed by atoms with Crippen molar-refractivity contribution in [2.45, 2.75) is 46.1 Å². The van der Waals surface area contributed by atoms with E-state index in [1.807, 2.05) is 6.92 Å². The van der Waals surface area contributed by atoms with Gasteiger partial charge in [0, 0.05) is 11.7 Å². The van der Waals surface area contributed by atoms with E-state index in [4.69, 9.17) is 18.0 Å². The minimum Gasteiger partial charge on any atom is -0.388 e. The molecule has 0 spiro atoms. The van der Waals surface area contributed by atoms with Gasteiger partial charge in [0.25, 0.3) is 0 Å². The molecule has 1 aromatic rings. The third-order valence-corrected chi connectivity index (χ3v) is 2.68. The Hall–Kier alpha value is -1.23. The van der Waals surface area contributed by atoms with Crippen LogP contribution in [0.2, 0.25) is 0 Å². The topological polar surface area (TPSA) is 63.8 Å². The van der Waals surface area contributed by atoms with E-state index >= 15 is 0 Å². The van der Waals surface area contributed by atoms with Gasteiger partial charge in [-0.3, -0.25) is 0 Å². The van der Waals surface area contributed by atoms with Crippen LogP contribution in [0, 0.1) is 6.92 Å². The summed E-state index contributed by atoms with van der Waals surface area (Å²) in [4.78, 5) is 8.92. The van der Waals surface area contributed by atoms with Crippen LogP contribution in [0.15, 0.2) is 6.07 Å². The number of aromatic nitrogens is 2. The van der Waals surface area contributed by atoms with Gasteiger partial charge in [-0.2, -0.15) is 0 Å². The lowest BCUT2D eigenvalue weighted by Gasteiger charge is -2.14. The van der Waals surface area contributed by atoms with Gasteiger partial charge in [0.2, 0.25) is 5.95 Å². The summed E-state index contributed by atoms with van der Waals surface area (Å²) in [6.07, 6.45) is 3.50. The number of hydrogen-bond acceptors (Lipinski definition) is 4. The molecule has 1 rings (SSSR count). The normalized spacial score (nSPS) is 12.2. The van der Waals surface area contributed by atoms with Crippen LogP contribution in [0.25, 0.3) is 0 Å². The molecule has 0 saturated heterocycles. The fraction of sp³-hybridized carbons (Fsp3) is 0.583. The number of unbranched alkanes of at least 4 members (excludes halogenated alkanes) is 1. The van der Waals surface area contributed by atoms with Crippen LogP contribution in [0.1, 0.15) is 44.5 Å². The SMILES string of the molecule is CCCCC(C)Nc1nc(C)cc(C(N)=S)n1. The van der Waals surface area contributed by atoms with E-state index < -0.39 is 0 Å². The first-order valence-electron chi connectivity index (χ1n) is 5.95. The second kappa shape index (κ2) is 6.49. The lowest BCUT2D eigenvalue weighted by Crippen LogP contribution is -2.19. The molecular formula is C12H20N4S. The molecule has 1 aromatic heterocycles. The van der Waals surface area contributed by atoms with E-state index in [2.05, 4.69) is 29.1 Å². The summed E-state index contributed by atoms with van der Waals surface area (Å²) in [5.41, 5.74) is 7.07. The van der Waals surface area contributed by atoms with Gasteiger partial charge in [0.15, 0.2) is 0 Å². The monoisotopic (exact) mass is 252 g/mol. The molecule has 0 bridgehead atoms. The van der Waals surface area contributed by atoms with Crippen molar-refractivity contribution < 1.29 is 0 Å². The highest BCUT2D eigenvalue weighted by Crippen LogP contribution is 2.09. The number of nitrogens with one attached hydrogen (secondary N) is 1. The standard InChI is InChI=1S/C12H20N4S/c1-4-5-6-8(2)14-12-15-9(3)7-10(16-12)11(13)17/h7-8H,4-6H2,1-3H3,(H2,13,17)(H,14,15,16). The molecule has 0 saturated carbocycles. The maximum absolute atomic E-state index is 5.58. The fourth-order valence-electron chi connectivity index (χ4n) is 1.56. The predicted molar refractivity (Wildman–Crippen MR) is 75.3 cm³/mol. The Labute approximate surface area is 108 Å². The Bertz CT molecular complexity index is 392. The second-order valence-corrected chi connectivity index (χ2v) is 4.71. The van der Waals surface area contributed by atoms with Crippen molar-refractivity contribution in [1.29, 1.82) is 0 Å². The molecule has 1 unspecified atom stereocenters. The van der Waals surface area contributed by atoms with Crippen LogP contribution in [-0.4, -0.2) is 21.0 Å². The third-order valence-electron chi connectivity index (χ3n) is 2.47. The molecule has 0 aromatic carbocycles. The number of anilines is 1. The Morgan fingerprint density at radius 1 is 1.53 bits per heavy atom. The Morgan fingerprint density at radius 2 is 2.24 bits per heavy atom. The maximum atomic E-state index is 5.58. The maximum Gasteiger partial charge on any atom is 0.223 e. The van der Waals surface area contributed by atoms with Gasteiger partial charge in [-0.25, -0.2) is 9.97 Å². The molecule has 1 heterocycles. The van der Waals surface area contributed by atoms with E-state index in [1.54, 1.807) is 6.07 Å². The van der Waals surface area contributed by atoms with Crippen LogP contribution in [0.5, 0.6) is 0 Å². The minimum atomic E-state index is 0.305. The summed E-state index contributed by atoms with van der Waals surface area (Å²) >= 11 is 4.92. The molecule has 17 heavy (non-hydrogen) atoms. The Morgan fingerprint density at radius 3 is 2.82 bits per heavy atom. The lowest BCUT2D eigenvalue weighted by atomic mass is 10.1. The summed E-state index contributed by atoms with van der Waals surface area (Å²) in [6.45, 7) is 6.22. The number of hydrogen-bond donors (Lipinski definition) is 2. The van der Waals surface area contributed by atoms with Crippen molar-refractivity contribution in [3.63, 3.8) is 0 Å². The van der Waals surface area contributed by atoms with E-state index in [0.29, 0.717) is 22.7 Å². The van der Waals surface area contributed by atoms with Crippen molar-refractivity contribution in [3.8, 4) is 0 Å². The number of thiocarbonyl (C=S) groups is 1. The average Bonchev–Trinajstić information content (AvgIpc) is 2.25. The van der Waals surface area contributed by atoms with Gasteiger partial charge in [-0.1, -0.05) is 32.0 Å². The van der Waals surface area contributed by atoms with E-state index in [-0.39, 0.29) is 0 Å². The van der Waals surface area contributed by atoms with Gasteiger partial charge >= 0.3 is 0 Å². The molecule has 3 N–H and O–H groups in total. The highest BCUT2D eigenvalue weighted by molar-refractivity contribution is 7.80. The molecule has 0 aliphatic carbocycles. The molecular weight excluding hydrogens is 232 g/mol. The van der Waals surface area contributed by atoms with Crippen molar-refractivity contribution in [2.24, 2.45) is 5.73 Å². The van der Waals surface area contributed by atoms with Crippen molar-refractivity contribution in [2.75, 3.05) is 5.32 Å². The van der Waals surface area contributed by atoms with Crippen LogP contribution in [0.3, 0.4) is 0 Å². The van der Waals surface area contributed by atoms with Gasteiger partial charge in [-0.15, -0.1) is 0 Å². The van der Waals surface area contributed by atoms with Crippen LogP contribution in [-0.2, 0) is 0 Å². The van der Waals surface area contributed by atoms with Gasteiger partial charge in [-0.05, 0) is 26.3 Å². The summed E-state index contributed by atoms with van der Waals surface area (Å²) in [5, 5.41) is 3.28. The zero-order valence-electron chi connectivity index (χ0n) is 10.7. The number of nitrogens with two attached hydrogens (primary N) is 1. The van der Waals surface area contributed by atoms with Crippen molar-refractivity contribution >= 4 is 23.2 Å². The molecule has 1 atom stereocenters. The molecule has 0 fully saturated rings. The predicted octanol–water partition coefficient (Wildman–Crippen LogP) is 2.41. The summed E-state index contributed by atoms with van der Waals surface area (Å²) in [5.74, 6) is 0.608. The van der Waals surface area contributed by atoms with Crippen LogP contribution in [0.4, 0.5) is 5.95 Å². The fourth-order valence-corrected chi connectivity index (χ4v) is 1.67. The average molecular weight is 252 g/mol. The number of nitrogens with zero attached hydrogens (tertiary/aromatic N) is 2. The quantitative estimate of drug-likeness (QED) is 0.761. The Balaban J connectivity index is 2.73. The first kappa shape index (κ1) is 13.8. The highest BCUT2D eigenvalue weighted by Gasteiger charge is 2.07. The number of aryl methyl sites for hydroxylation is 1. The molecule has 5 heteroatoms. The molecule has 4 nitrogen and oxygen atoms in total. The largest absolute Gasteiger partial charge is 0.388 e. The van der Waals surface area contributed by atoms with Gasteiger partial charge < -0.3 is 11.1 Å². The summed E-state index contributed by atoms with van der Waals surface area (Å²) in [6, 6.07) is 2.15. The van der Waals surface area contributed by atoms with Crippen molar-refractivity contribution in [3.05, 3.63) is 17.5 Å². The molecule has 0 amide bonds. The van der Waals surface area contributed by atoms with Crippen LogP contribution < -0.4 is 11.1 Å². The molecule has 0 aliphatic heterocycles. The summed E-state index contributed by atoms with van der Waals surface area (Å²) < 4.78 is 0. The number of rotatable bonds is 6. The second-order valence-electron chi connectivity index (χ2n) is 4.27. The first-order valence-corrected chi connectivity index (χ1v) is 6.35. The molecule has 94 valence electrons. The smallest absolute Gasteiger partial charge is 0.223 e. The molecule has 0 aliphatic rings. The van der Waals surface area contributed by atoms with Crippen LogP contribution >= 0.6 is 12.2 Å².